The van der Waals surface area contributed by atoms with Gasteiger partial charge in [0.25, 0.3) is 0 Å². The Morgan fingerprint density at radius 2 is 1.79 bits per heavy atom. The molecule has 3 aromatic rings. The second-order valence-corrected chi connectivity index (χ2v) is 8.00. The van der Waals surface area contributed by atoms with Crippen LogP contribution in [0.4, 0.5) is 5.82 Å². The molecule has 0 spiro atoms. The number of hydrogen-bond donors (Lipinski definition) is 1. The first-order chi connectivity index (χ1) is 14.2. The van der Waals surface area contributed by atoms with Crippen molar-refractivity contribution >= 4 is 16.9 Å². The minimum atomic E-state index is 0.904. The van der Waals surface area contributed by atoms with Gasteiger partial charge in [-0.25, -0.2) is 9.97 Å². The Morgan fingerprint density at radius 3 is 2.48 bits per heavy atom. The van der Waals surface area contributed by atoms with Gasteiger partial charge in [-0.15, -0.1) is 0 Å². The molecule has 1 N–H and O–H groups in total. The van der Waals surface area contributed by atoms with Crippen LogP contribution < -0.4 is 4.90 Å². The fraction of sp³-hybridized carbons (Fsp3) is 0.478. The molecule has 1 aliphatic heterocycles. The molecule has 0 aliphatic carbocycles. The molecule has 6 heteroatoms. The largest absolute Gasteiger partial charge is 0.356 e. The number of rotatable bonds is 7. The number of aromatic amines is 1. The Bertz CT molecular complexity index is 924. The number of anilines is 1. The van der Waals surface area contributed by atoms with Crippen LogP contribution in [0, 0.1) is 0 Å². The zero-order valence-electron chi connectivity index (χ0n) is 17.9. The van der Waals surface area contributed by atoms with E-state index in [0.717, 1.165) is 74.8 Å². The number of H-pyrrole nitrogens is 1. The summed E-state index contributed by atoms with van der Waals surface area (Å²) in [5, 5.41) is 1.10. The van der Waals surface area contributed by atoms with Crippen LogP contribution in [0.2, 0.25) is 0 Å². The van der Waals surface area contributed by atoms with Crippen molar-refractivity contribution in [3.05, 3.63) is 42.2 Å². The van der Waals surface area contributed by atoms with Crippen LogP contribution in [-0.4, -0.2) is 71.1 Å². The third-order valence-electron chi connectivity index (χ3n) is 5.85. The van der Waals surface area contributed by atoms with E-state index in [9.17, 15) is 0 Å². The van der Waals surface area contributed by atoms with E-state index in [-0.39, 0.29) is 0 Å². The van der Waals surface area contributed by atoms with Gasteiger partial charge in [0, 0.05) is 51.5 Å². The number of aromatic nitrogens is 3. The van der Waals surface area contributed by atoms with Crippen molar-refractivity contribution in [2.45, 2.75) is 26.8 Å². The van der Waals surface area contributed by atoms with E-state index < -0.39 is 0 Å². The van der Waals surface area contributed by atoms with Crippen LogP contribution in [-0.2, 0) is 6.54 Å². The Morgan fingerprint density at radius 1 is 1.03 bits per heavy atom. The number of hydrogen-bond acceptors (Lipinski definition) is 5. The smallest absolute Gasteiger partial charge is 0.143 e. The van der Waals surface area contributed by atoms with Gasteiger partial charge in [0.15, 0.2) is 0 Å². The second kappa shape index (κ2) is 8.93. The zero-order chi connectivity index (χ0) is 20.2. The number of benzene rings is 1. The molecule has 1 aromatic carbocycles. The zero-order valence-corrected chi connectivity index (χ0v) is 17.9. The highest BCUT2D eigenvalue weighted by Gasteiger charge is 2.15. The molecule has 3 heterocycles. The lowest BCUT2D eigenvalue weighted by Gasteiger charge is -2.32. The average Bonchev–Trinajstić information content (AvgIpc) is 3.19. The minimum Gasteiger partial charge on any atom is -0.356 e. The fourth-order valence-corrected chi connectivity index (χ4v) is 4.07. The second-order valence-electron chi connectivity index (χ2n) is 8.00. The maximum atomic E-state index is 4.57. The SMILES string of the molecule is CCCN(CC)c1ncnc2[nH]c(-c3ccc(CN4CCN(C)CC4)cc3)cc12. The maximum absolute atomic E-state index is 4.57. The van der Waals surface area contributed by atoms with Gasteiger partial charge in [0.1, 0.15) is 17.8 Å². The van der Waals surface area contributed by atoms with Crippen LogP contribution >= 0.6 is 0 Å². The molecule has 1 saturated heterocycles. The highest BCUT2D eigenvalue weighted by Crippen LogP contribution is 2.29. The molecule has 0 unspecified atom stereocenters. The van der Waals surface area contributed by atoms with E-state index in [0.29, 0.717) is 0 Å². The molecule has 0 amide bonds. The summed E-state index contributed by atoms with van der Waals surface area (Å²) in [6.07, 6.45) is 2.76. The molecule has 6 nitrogen and oxygen atoms in total. The summed E-state index contributed by atoms with van der Waals surface area (Å²) in [6.45, 7) is 12.0. The van der Waals surface area contributed by atoms with Crippen LogP contribution in [0.25, 0.3) is 22.3 Å². The standard InChI is InChI=1S/C23H32N6/c1-4-10-29(5-2)23-20-15-21(26-22(20)24-17-25-23)19-8-6-18(7-9-19)16-28-13-11-27(3)12-14-28/h6-9,15,17H,4-5,10-14,16H2,1-3H3,(H,24,25,26). The van der Waals surface area contributed by atoms with Crippen LogP contribution in [0.15, 0.2) is 36.7 Å². The van der Waals surface area contributed by atoms with Gasteiger partial charge in [-0.3, -0.25) is 4.90 Å². The Labute approximate surface area is 173 Å². The lowest BCUT2D eigenvalue weighted by Crippen LogP contribution is -2.43. The van der Waals surface area contributed by atoms with Gasteiger partial charge in [-0.1, -0.05) is 31.2 Å². The first-order valence-electron chi connectivity index (χ1n) is 10.8. The van der Waals surface area contributed by atoms with E-state index >= 15 is 0 Å². The first kappa shape index (κ1) is 19.9. The molecule has 0 atom stereocenters. The molecule has 4 rings (SSSR count). The summed E-state index contributed by atoms with van der Waals surface area (Å²) in [6, 6.07) is 11.1. The van der Waals surface area contributed by atoms with Crippen LogP contribution in [0.1, 0.15) is 25.8 Å². The molecule has 0 radical (unpaired) electrons. The summed E-state index contributed by atoms with van der Waals surface area (Å²) in [7, 11) is 2.20. The highest BCUT2D eigenvalue weighted by molar-refractivity contribution is 5.91. The van der Waals surface area contributed by atoms with Crippen molar-refractivity contribution in [1.29, 1.82) is 0 Å². The van der Waals surface area contributed by atoms with Crippen molar-refractivity contribution in [2.75, 3.05) is 51.2 Å². The molecular weight excluding hydrogens is 360 g/mol. The summed E-state index contributed by atoms with van der Waals surface area (Å²) < 4.78 is 0. The fourth-order valence-electron chi connectivity index (χ4n) is 4.07. The predicted molar refractivity (Wildman–Crippen MR) is 120 cm³/mol. The summed E-state index contributed by atoms with van der Waals surface area (Å²) >= 11 is 0. The first-order valence-corrected chi connectivity index (χ1v) is 10.8. The highest BCUT2D eigenvalue weighted by atomic mass is 15.2. The molecule has 2 aromatic heterocycles. The molecule has 1 fully saturated rings. The number of nitrogens with zero attached hydrogens (tertiary/aromatic N) is 5. The Hall–Kier alpha value is -2.44. The summed E-state index contributed by atoms with van der Waals surface area (Å²) in [5.41, 5.74) is 4.56. The van der Waals surface area contributed by atoms with Crippen molar-refractivity contribution in [3.63, 3.8) is 0 Å². The molecule has 154 valence electrons. The van der Waals surface area contributed by atoms with E-state index in [1.807, 2.05) is 0 Å². The van der Waals surface area contributed by atoms with Gasteiger partial charge in [0.2, 0.25) is 0 Å². The van der Waals surface area contributed by atoms with Gasteiger partial charge < -0.3 is 14.8 Å². The lowest BCUT2D eigenvalue weighted by atomic mass is 10.1. The van der Waals surface area contributed by atoms with Crippen molar-refractivity contribution in [3.8, 4) is 11.3 Å². The van der Waals surface area contributed by atoms with Gasteiger partial charge in [-0.05, 0) is 37.6 Å². The quantitative estimate of drug-likeness (QED) is 0.666. The number of piperazine rings is 1. The third kappa shape index (κ3) is 4.43. The van der Waals surface area contributed by atoms with E-state index in [1.165, 1.54) is 11.1 Å². The summed E-state index contributed by atoms with van der Waals surface area (Å²) in [5.74, 6) is 1.02. The maximum Gasteiger partial charge on any atom is 0.143 e. The molecular formula is C23H32N6. The summed E-state index contributed by atoms with van der Waals surface area (Å²) in [4.78, 5) is 19.8. The predicted octanol–water partition coefficient (Wildman–Crippen LogP) is 3.61. The van der Waals surface area contributed by atoms with Crippen LogP contribution in [0.3, 0.4) is 0 Å². The molecule has 29 heavy (non-hydrogen) atoms. The van der Waals surface area contributed by atoms with E-state index in [1.54, 1.807) is 6.33 Å². The van der Waals surface area contributed by atoms with Gasteiger partial charge in [-0.2, -0.15) is 0 Å². The number of fused-ring (bicyclic) bond motifs is 1. The van der Waals surface area contributed by atoms with Crippen molar-refractivity contribution < 1.29 is 0 Å². The van der Waals surface area contributed by atoms with Crippen molar-refractivity contribution in [1.82, 2.24) is 24.8 Å². The molecule has 0 bridgehead atoms. The normalized spacial score (nSPS) is 15.8. The lowest BCUT2D eigenvalue weighted by molar-refractivity contribution is 0.148. The van der Waals surface area contributed by atoms with Gasteiger partial charge >= 0.3 is 0 Å². The number of likely N-dealkylation sites (N-methyl/N-ethyl adjacent to an activating group) is 1. The number of nitrogens with one attached hydrogen (secondary N) is 1. The molecule has 0 saturated carbocycles. The minimum absolute atomic E-state index is 0.904. The van der Waals surface area contributed by atoms with Crippen LogP contribution in [0.5, 0.6) is 0 Å². The third-order valence-corrected chi connectivity index (χ3v) is 5.85. The Balaban J connectivity index is 1.54. The topological polar surface area (TPSA) is 51.3 Å². The average molecular weight is 393 g/mol. The monoisotopic (exact) mass is 392 g/mol. The van der Waals surface area contributed by atoms with E-state index in [4.69, 9.17) is 0 Å². The Kier molecular flexibility index (Phi) is 6.11. The molecule has 1 aliphatic rings. The van der Waals surface area contributed by atoms with Crippen molar-refractivity contribution in [2.24, 2.45) is 0 Å². The van der Waals surface area contributed by atoms with E-state index in [2.05, 4.69) is 80.9 Å². The van der Waals surface area contributed by atoms with Gasteiger partial charge in [0.05, 0.1) is 5.39 Å².